The molecule has 0 bridgehead atoms. The average Bonchev–Trinajstić information content (AvgIpc) is 3.26. The van der Waals surface area contributed by atoms with Crippen LogP contribution in [-0.2, 0) is 37.5 Å². The van der Waals surface area contributed by atoms with Crippen molar-refractivity contribution in [1.82, 2.24) is 0 Å². The molecule has 0 heterocycles. The fourth-order valence-corrected chi connectivity index (χ4v) is 7.51. The van der Waals surface area contributed by atoms with Crippen LogP contribution in [0.25, 0.3) is 0 Å². The van der Waals surface area contributed by atoms with Gasteiger partial charge in [0.15, 0.2) is 6.10 Å². The topological polar surface area (TPSA) is 192 Å². The Balaban J connectivity index is 4.38. The number of carbonyl (C=O) groups excluding carboxylic acids is 2. The molecule has 0 amide bonds. The van der Waals surface area contributed by atoms with Crippen molar-refractivity contribution >= 4 is 25.7 Å². The summed E-state index contributed by atoms with van der Waals surface area (Å²) < 4.78 is 32.7. The Labute approximate surface area is 382 Å². The van der Waals surface area contributed by atoms with Crippen LogP contribution < -0.4 is 5.73 Å². The summed E-state index contributed by atoms with van der Waals surface area (Å²) in [6, 6.07) is -1.54. The smallest absolute Gasteiger partial charge is 0.472 e. The Morgan fingerprint density at radius 1 is 0.571 bits per heavy atom. The summed E-state index contributed by atoms with van der Waals surface area (Å²) >= 11 is 0. The first kappa shape index (κ1) is 60.4. The zero-order valence-corrected chi connectivity index (χ0v) is 40.4. The van der Waals surface area contributed by atoms with Gasteiger partial charge in [0, 0.05) is 12.8 Å². The second-order valence-corrected chi connectivity index (χ2v) is 18.3. The van der Waals surface area contributed by atoms with E-state index in [1.54, 1.807) is 6.08 Å². The lowest BCUT2D eigenvalue weighted by Gasteiger charge is -2.20. The monoisotopic (exact) mass is 912 g/mol. The van der Waals surface area contributed by atoms with Gasteiger partial charge in [0.25, 0.3) is 0 Å². The molecule has 12 nitrogen and oxygen atoms in total. The standard InChI is InChI=1S/C50H90NO11P/c1-3-5-7-9-11-12-13-14-15-16-17-18-19-20-21-22-23-24-29-33-37-41-49(54)62-46(43-60-63(57,58)61-44-47(51)50(55)56)42-59-48(53)40-36-32-28-26-25-27-31-35-39-45(52)38-34-30-10-8-6-4-2/h26-28,30-31,34-35,39,45-47,52H,3-25,29,32-33,36-38,40-44,51H2,1-2H3,(H,55,56)(H,57,58)/b28-26-,31-27-,34-30-,39-35+/t45-,46-,47+/m1/s1. The summed E-state index contributed by atoms with van der Waals surface area (Å²) in [5.74, 6) is -2.49. The summed E-state index contributed by atoms with van der Waals surface area (Å²) in [7, 11) is -4.75. The van der Waals surface area contributed by atoms with Crippen LogP contribution in [0.15, 0.2) is 48.6 Å². The molecule has 0 aromatic rings. The van der Waals surface area contributed by atoms with Crippen LogP contribution in [0.5, 0.6) is 0 Å². The number of esters is 2. The predicted octanol–water partition coefficient (Wildman–Crippen LogP) is 12.7. The van der Waals surface area contributed by atoms with E-state index in [4.69, 9.17) is 24.8 Å². The largest absolute Gasteiger partial charge is 0.480 e. The molecule has 0 aromatic heterocycles. The lowest BCUT2D eigenvalue weighted by molar-refractivity contribution is -0.161. The quantitative estimate of drug-likeness (QED) is 0.0149. The van der Waals surface area contributed by atoms with Crippen LogP contribution in [0.4, 0.5) is 0 Å². The van der Waals surface area contributed by atoms with E-state index >= 15 is 0 Å². The van der Waals surface area contributed by atoms with Gasteiger partial charge in [-0.2, -0.15) is 0 Å². The number of rotatable bonds is 46. The number of unbranched alkanes of at least 4 members (excludes halogenated alkanes) is 24. The van der Waals surface area contributed by atoms with Crippen LogP contribution in [0.3, 0.4) is 0 Å². The molecule has 0 saturated carbocycles. The molecule has 0 saturated heterocycles. The van der Waals surface area contributed by atoms with Gasteiger partial charge in [0.2, 0.25) is 0 Å². The molecule has 5 N–H and O–H groups in total. The van der Waals surface area contributed by atoms with Crippen molar-refractivity contribution in [3.63, 3.8) is 0 Å². The Hall–Kier alpha value is -2.60. The molecule has 1 unspecified atom stereocenters. The Morgan fingerprint density at radius 2 is 1.05 bits per heavy atom. The summed E-state index contributed by atoms with van der Waals surface area (Å²) in [5, 5.41) is 18.9. The van der Waals surface area contributed by atoms with Crippen LogP contribution in [0.1, 0.15) is 213 Å². The van der Waals surface area contributed by atoms with Gasteiger partial charge in [-0.15, -0.1) is 0 Å². The van der Waals surface area contributed by atoms with Crippen molar-refractivity contribution in [3.05, 3.63) is 48.6 Å². The maximum absolute atomic E-state index is 12.7. The predicted molar refractivity (Wildman–Crippen MR) is 255 cm³/mol. The molecular weight excluding hydrogens is 822 g/mol. The number of phosphoric ester groups is 1. The van der Waals surface area contributed by atoms with E-state index in [0.717, 1.165) is 25.7 Å². The fourth-order valence-electron chi connectivity index (χ4n) is 6.73. The van der Waals surface area contributed by atoms with E-state index in [1.807, 2.05) is 36.5 Å². The molecule has 0 aromatic carbocycles. The highest BCUT2D eigenvalue weighted by Gasteiger charge is 2.28. The SMILES string of the molecule is CCCCC/C=C\C[C@@H](O)/C=C/C=C\C/C=C\CCCC(=O)OC[C@H](COP(=O)(O)OC[C@H](N)C(=O)O)OC(=O)CCCCCCCCCCCCCCCCCCCCCCC. The first-order chi connectivity index (χ1) is 30.5. The highest BCUT2D eigenvalue weighted by atomic mass is 31.2. The lowest BCUT2D eigenvalue weighted by Crippen LogP contribution is -2.34. The minimum atomic E-state index is -4.75. The van der Waals surface area contributed by atoms with Crippen molar-refractivity contribution in [3.8, 4) is 0 Å². The molecule has 0 aliphatic heterocycles. The average molecular weight is 912 g/mol. The number of aliphatic carboxylic acids is 1. The number of carboxylic acid groups (broad SMARTS) is 1. The Kier molecular flexibility index (Phi) is 42.8. The van der Waals surface area contributed by atoms with Gasteiger partial charge in [-0.1, -0.05) is 204 Å². The maximum atomic E-state index is 12.7. The van der Waals surface area contributed by atoms with Crippen LogP contribution in [-0.4, -0.2) is 71.1 Å². The second kappa shape index (κ2) is 44.6. The van der Waals surface area contributed by atoms with Crippen molar-refractivity contribution in [2.75, 3.05) is 19.8 Å². The molecule has 13 heteroatoms. The number of phosphoric acid groups is 1. The summed E-state index contributed by atoms with van der Waals surface area (Å²) in [4.78, 5) is 46.1. The van der Waals surface area contributed by atoms with E-state index in [2.05, 4.69) is 24.4 Å². The third kappa shape index (κ3) is 44.4. The van der Waals surface area contributed by atoms with Crippen LogP contribution >= 0.6 is 7.82 Å². The highest BCUT2D eigenvalue weighted by molar-refractivity contribution is 7.47. The number of hydrogen-bond donors (Lipinski definition) is 4. The molecule has 0 aliphatic carbocycles. The van der Waals surface area contributed by atoms with Crippen molar-refractivity contribution in [2.45, 2.75) is 231 Å². The van der Waals surface area contributed by atoms with Gasteiger partial charge < -0.3 is 30.3 Å². The maximum Gasteiger partial charge on any atom is 0.472 e. The van der Waals surface area contributed by atoms with Crippen LogP contribution in [0.2, 0.25) is 0 Å². The number of carbonyl (C=O) groups is 3. The fraction of sp³-hybridized carbons (Fsp3) is 0.780. The molecular formula is C50H90NO11P. The third-order valence-electron chi connectivity index (χ3n) is 10.7. The highest BCUT2D eigenvalue weighted by Crippen LogP contribution is 2.43. The number of nitrogens with two attached hydrogens (primary N) is 1. The summed E-state index contributed by atoms with van der Waals surface area (Å²) in [6.07, 6.45) is 47.8. The molecule has 63 heavy (non-hydrogen) atoms. The zero-order valence-electron chi connectivity index (χ0n) is 39.5. The van der Waals surface area contributed by atoms with E-state index in [1.165, 1.54) is 128 Å². The Morgan fingerprint density at radius 3 is 1.60 bits per heavy atom. The van der Waals surface area contributed by atoms with E-state index in [0.29, 0.717) is 32.1 Å². The normalized spacial score (nSPS) is 14.5. The molecule has 366 valence electrons. The van der Waals surface area contributed by atoms with Crippen molar-refractivity contribution < 1.29 is 52.6 Å². The second-order valence-electron chi connectivity index (χ2n) is 16.8. The molecule has 0 radical (unpaired) electrons. The van der Waals surface area contributed by atoms with Crippen molar-refractivity contribution in [1.29, 1.82) is 0 Å². The van der Waals surface area contributed by atoms with E-state index in [-0.39, 0.29) is 12.8 Å². The minimum absolute atomic E-state index is 0.115. The minimum Gasteiger partial charge on any atom is -0.480 e. The Bertz CT molecular complexity index is 1270. The number of ether oxygens (including phenoxy) is 2. The number of hydrogen-bond acceptors (Lipinski definition) is 10. The third-order valence-corrected chi connectivity index (χ3v) is 11.6. The first-order valence-corrected chi connectivity index (χ1v) is 26.3. The van der Waals surface area contributed by atoms with Gasteiger partial charge in [-0.25, -0.2) is 4.57 Å². The summed E-state index contributed by atoms with van der Waals surface area (Å²) in [5.41, 5.74) is 5.34. The van der Waals surface area contributed by atoms with Gasteiger partial charge in [-0.05, 0) is 44.9 Å². The number of allylic oxidation sites excluding steroid dienone is 6. The summed E-state index contributed by atoms with van der Waals surface area (Å²) in [6.45, 7) is 2.67. The zero-order chi connectivity index (χ0) is 46.5. The first-order valence-electron chi connectivity index (χ1n) is 24.8. The molecule has 0 aliphatic rings. The number of aliphatic hydroxyl groups is 1. The van der Waals surface area contributed by atoms with E-state index < -0.39 is 63.8 Å². The molecule has 0 rings (SSSR count). The molecule has 0 fully saturated rings. The van der Waals surface area contributed by atoms with Crippen LogP contribution in [0, 0.1) is 0 Å². The number of aliphatic hydroxyl groups excluding tert-OH is 1. The van der Waals surface area contributed by atoms with Gasteiger partial charge in [-0.3, -0.25) is 23.4 Å². The van der Waals surface area contributed by atoms with Gasteiger partial charge >= 0.3 is 25.7 Å². The molecule has 0 spiro atoms. The molecule has 4 atom stereocenters. The van der Waals surface area contributed by atoms with E-state index in [9.17, 15) is 28.9 Å². The van der Waals surface area contributed by atoms with Crippen molar-refractivity contribution in [2.24, 2.45) is 5.73 Å². The van der Waals surface area contributed by atoms with Gasteiger partial charge in [0.1, 0.15) is 12.6 Å². The number of carboxylic acids is 1. The lowest BCUT2D eigenvalue weighted by atomic mass is 10.0. The van der Waals surface area contributed by atoms with Gasteiger partial charge in [0.05, 0.1) is 19.3 Å².